The van der Waals surface area contributed by atoms with E-state index in [1.807, 2.05) is 6.07 Å². The van der Waals surface area contributed by atoms with Crippen molar-refractivity contribution in [1.82, 2.24) is 5.32 Å². The van der Waals surface area contributed by atoms with Gasteiger partial charge in [-0.15, -0.1) is 0 Å². The molecule has 1 aliphatic heterocycles. The van der Waals surface area contributed by atoms with Crippen LogP contribution in [0.5, 0.6) is 0 Å². The zero-order valence-electron chi connectivity index (χ0n) is 9.67. The summed E-state index contributed by atoms with van der Waals surface area (Å²) in [7, 11) is 0. The van der Waals surface area contributed by atoms with Crippen LogP contribution in [0.2, 0.25) is 0 Å². The summed E-state index contributed by atoms with van der Waals surface area (Å²) in [5, 5.41) is 15.2. The molecule has 90 valence electrons. The van der Waals surface area contributed by atoms with Gasteiger partial charge in [0.25, 0.3) is 0 Å². The van der Waals surface area contributed by atoms with Gasteiger partial charge in [-0.2, -0.15) is 5.26 Å². The molecule has 0 bridgehead atoms. The highest BCUT2D eigenvalue weighted by Gasteiger charge is 2.12. The molecule has 1 heterocycles. The van der Waals surface area contributed by atoms with E-state index in [2.05, 4.69) is 10.6 Å². The van der Waals surface area contributed by atoms with E-state index in [0.29, 0.717) is 5.92 Å². The second kappa shape index (κ2) is 5.65. The summed E-state index contributed by atoms with van der Waals surface area (Å²) < 4.78 is 13.3. The van der Waals surface area contributed by atoms with Crippen molar-refractivity contribution < 1.29 is 4.39 Å². The van der Waals surface area contributed by atoms with Crippen LogP contribution >= 0.6 is 0 Å². The van der Waals surface area contributed by atoms with Gasteiger partial charge in [-0.25, -0.2) is 4.39 Å². The number of rotatable bonds is 3. The molecule has 1 unspecified atom stereocenters. The largest absolute Gasteiger partial charge is 0.385 e. The Morgan fingerprint density at radius 2 is 2.41 bits per heavy atom. The van der Waals surface area contributed by atoms with Crippen LogP contribution in [-0.4, -0.2) is 19.6 Å². The van der Waals surface area contributed by atoms with Crippen LogP contribution in [0, 0.1) is 23.1 Å². The molecule has 1 fully saturated rings. The summed E-state index contributed by atoms with van der Waals surface area (Å²) in [5.74, 6) is 0.140. The van der Waals surface area contributed by atoms with Crippen LogP contribution < -0.4 is 10.6 Å². The van der Waals surface area contributed by atoms with Crippen molar-refractivity contribution in [2.75, 3.05) is 25.0 Å². The third-order valence-corrected chi connectivity index (χ3v) is 3.08. The highest BCUT2D eigenvalue weighted by atomic mass is 19.1. The quantitative estimate of drug-likeness (QED) is 0.840. The number of hydrogen-bond donors (Lipinski definition) is 2. The zero-order valence-corrected chi connectivity index (χ0v) is 9.67. The fourth-order valence-electron chi connectivity index (χ4n) is 2.08. The van der Waals surface area contributed by atoms with Gasteiger partial charge in [0.2, 0.25) is 0 Å². The Hall–Kier alpha value is -1.60. The Labute approximate surface area is 101 Å². The molecule has 0 aliphatic carbocycles. The normalized spacial score (nSPS) is 19.6. The maximum atomic E-state index is 13.3. The lowest BCUT2D eigenvalue weighted by Gasteiger charge is -2.23. The standard InChI is InChI=1S/C13H16FN3/c14-13-6-12(4-3-11(13)7-15)17-9-10-2-1-5-16-8-10/h3-4,6,10,16-17H,1-2,5,8-9H2. The minimum atomic E-state index is -0.459. The highest BCUT2D eigenvalue weighted by Crippen LogP contribution is 2.16. The number of benzene rings is 1. The molecule has 0 saturated carbocycles. The first-order chi connectivity index (χ1) is 8.29. The van der Waals surface area contributed by atoms with Gasteiger partial charge in [-0.05, 0) is 50.0 Å². The Balaban J connectivity index is 1.90. The van der Waals surface area contributed by atoms with Crippen molar-refractivity contribution in [3.8, 4) is 6.07 Å². The van der Waals surface area contributed by atoms with Crippen molar-refractivity contribution in [2.45, 2.75) is 12.8 Å². The van der Waals surface area contributed by atoms with Crippen molar-refractivity contribution >= 4 is 5.69 Å². The second-order valence-electron chi connectivity index (χ2n) is 4.40. The Morgan fingerprint density at radius 3 is 3.06 bits per heavy atom. The van der Waals surface area contributed by atoms with Crippen molar-refractivity contribution in [3.05, 3.63) is 29.6 Å². The summed E-state index contributed by atoms with van der Waals surface area (Å²) in [6, 6.07) is 6.46. The summed E-state index contributed by atoms with van der Waals surface area (Å²) >= 11 is 0. The van der Waals surface area contributed by atoms with Crippen molar-refractivity contribution in [3.63, 3.8) is 0 Å². The smallest absolute Gasteiger partial charge is 0.143 e. The molecule has 3 nitrogen and oxygen atoms in total. The van der Waals surface area contributed by atoms with Crippen LogP contribution in [-0.2, 0) is 0 Å². The Bertz CT molecular complexity index is 419. The number of anilines is 1. The van der Waals surface area contributed by atoms with Crippen LogP contribution in [0.3, 0.4) is 0 Å². The highest BCUT2D eigenvalue weighted by molar-refractivity contribution is 5.48. The first-order valence-corrected chi connectivity index (χ1v) is 5.94. The number of nitrogens with one attached hydrogen (secondary N) is 2. The van der Waals surface area contributed by atoms with Gasteiger partial charge in [0, 0.05) is 12.2 Å². The van der Waals surface area contributed by atoms with Crippen LogP contribution in [0.15, 0.2) is 18.2 Å². The molecule has 1 saturated heterocycles. The van der Waals surface area contributed by atoms with Crippen LogP contribution in [0.1, 0.15) is 18.4 Å². The van der Waals surface area contributed by atoms with Crippen LogP contribution in [0.4, 0.5) is 10.1 Å². The minimum absolute atomic E-state index is 0.0925. The molecule has 0 spiro atoms. The fourth-order valence-corrected chi connectivity index (χ4v) is 2.08. The van der Waals surface area contributed by atoms with E-state index in [1.165, 1.54) is 25.0 Å². The molecule has 2 rings (SSSR count). The third kappa shape index (κ3) is 3.18. The van der Waals surface area contributed by atoms with Crippen molar-refractivity contribution in [1.29, 1.82) is 5.26 Å². The molecule has 1 aromatic carbocycles. The predicted octanol–water partition coefficient (Wildman–Crippen LogP) is 2.11. The van der Waals surface area contributed by atoms with Gasteiger partial charge >= 0.3 is 0 Å². The lowest BCUT2D eigenvalue weighted by molar-refractivity contribution is 0.393. The second-order valence-corrected chi connectivity index (χ2v) is 4.40. The van der Waals surface area contributed by atoms with Crippen LogP contribution in [0.25, 0.3) is 0 Å². The molecule has 1 aliphatic rings. The van der Waals surface area contributed by atoms with Gasteiger partial charge in [0.1, 0.15) is 11.9 Å². The Morgan fingerprint density at radius 1 is 1.53 bits per heavy atom. The molecule has 4 heteroatoms. The van der Waals surface area contributed by atoms with Gasteiger partial charge in [0.15, 0.2) is 0 Å². The van der Waals surface area contributed by atoms with Crippen molar-refractivity contribution in [2.24, 2.45) is 5.92 Å². The molecule has 0 radical (unpaired) electrons. The molecule has 0 amide bonds. The van der Waals surface area contributed by atoms with E-state index in [4.69, 9.17) is 5.26 Å². The Kier molecular flexibility index (Phi) is 3.94. The SMILES string of the molecule is N#Cc1ccc(NCC2CCCNC2)cc1F. The topological polar surface area (TPSA) is 47.9 Å². The molecule has 1 atom stereocenters. The molecule has 2 N–H and O–H groups in total. The van der Waals surface area contributed by atoms with Gasteiger partial charge < -0.3 is 10.6 Å². The van der Waals surface area contributed by atoms with Gasteiger partial charge in [-0.1, -0.05) is 0 Å². The number of piperidine rings is 1. The van der Waals surface area contributed by atoms with E-state index in [0.717, 1.165) is 25.3 Å². The lowest BCUT2D eigenvalue weighted by Crippen LogP contribution is -2.33. The predicted molar refractivity (Wildman–Crippen MR) is 65.2 cm³/mol. The molecular weight excluding hydrogens is 217 g/mol. The monoisotopic (exact) mass is 233 g/mol. The third-order valence-electron chi connectivity index (χ3n) is 3.08. The first-order valence-electron chi connectivity index (χ1n) is 5.94. The molecule has 0 aromatic heterocycles. The average Bonchev–Trinajstić information content (AvgIpc) is 2.38. The molecule has 1 aromatic rings. The number of nitrogens with zero attached hydrogens (tertiary/aromatic N) is 1. The number of nitriles is 1. The summed E-state index contributed by atoms with van der Waals surface area (Å²) in [6.07, 6.45) is 2.41. The average molecular weight is 233 g/mol. The molecular formula is C13H16FN3. The maximum Gasteiger partial charge on any atom is 0.143 e. The lowest BCUT2D eigenvalue weighted by atomic mass is 10.00. The minimum Gasteiger partial charge on any atom is -0.385 e. The van der Waals surface area contributed by atoms with Gasteiger partial charge in [0.05, 0.1) is 5.56 Å². The van der Waals surface area contributed by atoms with E-state index in [9.17, 15) is 4.39 Å². The zero-order chi connectivity index (χ0) is 12.1. The molecule has 17 heavy (non-hydrogen) atoms. The fraction of sp³-hybridized carbons (Fsp3) is 0.462. The summed E-state index contributed by atoms with van der Waals surface area (Å²) in [5.41, 5.74) is 0.835. The van der Waals surface area contributed by atoms with E-state index >= 15 is 0 Å². The summed E-state index contributed by atoms with van der Waals surface area (Å²) in [6.45, 7) is 2.96. The number of hydrogen-bond acceptors (Lipinski definition) is 3. The number of halogens is 1. The van der Waals surface area contributed by atoms with E-state index < -0.39 is 5.82 Å². The van der Waals surface area contributed by atoms with Gasteiger partial charge in [-0.3, -0.25) is 0 Å². The maximum absolute atomic E-state index is 13.3. The van der Waals surface area contributed by atoms with E-state index in [1.54, 1.807) is 6.07 Å². The summed E-state index contributed by atoms with van der Waals surface area (Å²) in [4.78, 5) is 0. The van der Waals surface area contributed by atoms with E-state index in [-0.39, 0.29) is 5.56 Å². The first kappa shape index (κ1) is 11.9.